The molecule has 1 amide bonds. The molecule has 0 spiro atoms. The van der Waals surface area contributed by atoms with Crippen LogP contribution in [0.4, 0.5) is 0 Å². The second-order valence-corrected chi connectivity index (χ2v) is 5.18. The standard InChI is InChI=1S/C14H23N3O3/c1-5-10(6-2)17-8-7-11(16-17)13(18)15-12(9(3)4)14(19)20/h7-10,12H,5-6H2,1-4H3,(H,15,18)(H,19,20)/t12-/m0/s1. The van der Waals surface area contributed by atoms with E-state index in [0.29, 0.717) is 0 Å². The van der Waals surface area contributed by atoms with Gasteiger partial charge in [0.1, 0.15) is 11.7 Å². The van der Waals surface area contributed by atoms with Gasteiger partial charge in [-0.05, 0) is 24.8 Å². The summed E-state index contributed by atoms with van der Waals surface area (Å²) >= 11 is 0. The Hall–Kier alpha value is -1.85. The number of hydrogen-bond donors (Lipinski definition) is 2. The molecule has 0 saturated heterocycles. The third kappa shape index (κ3) is 3.82. The van der Waals surface area contributed by atoms with Crippen LogP contribution in [0, 0.1) is 5.92 Å². The lowest BCUT2D eigenvalue weighted by Gasteiger charge is -2.17. The maximum absolute atomic E-state index is 12.0. The first-order valence-corrected chi connectivity index (χ1v) is 6.99. The zero-order chi connectivity index (χ0) is 15.3. The Morgan fingerprint density at radius 1 is 1.35 bits per heavy atom. The van der Waals surface area contributed by atoms with Crippen LogP contribution >= 0.6 is 0 Å². The summed E-state index contributed by atoms with van der Waals surface area (Å²) in [5, 5.41) is 15.8. The van der Waals surface area contributed by atoms with E-state index in [4.69, 9.17) is 5.11 Å². The Bertz CT molecular complexity index is 464. The largest absolute Gasteiger partial charge is 0.480 e. The van der Waals surface area contributed by atoms with E-state index in [0.717, 1.165) is 12.8 Å². The maximum atomic E-state index is 12.0. The van der Waals surface area contributed by atoms with Gasteiger partial charge >= 0.3 is 5.97 Å². The average Bonchev–Trinajstić information content (AvgIpc) is 2.86. The zero-order valence-electron chi connectivity index (χ0n) is 12.5. The number of carboxylic acids is 1. The second-order valence-electron chi connectivity index (χ2n) is 5.18. The van der Waals surface area contributed by atoms with Crippen LogP contribution in [0.1, 0.15) is 57.1 Å². The van der Waals surface area contributed by atoms with Crippen molar-refractivity contribution in [2.75, 3.05) is 0 Å². The smallest absolute Gasteiger partial charge is 0.326 e. The number of nitrogens with zero attached hydrogens (tertiary/aromatic N) is 2. The number of amides is 1. The lowest BCUT2D eigenvalue weighted by molar-refractivity contribution is -0.140. The molecule has 1 heterocycles. The van der Waals surface area contributed by atoms with Crippen LogP contribution in [-0.2, 0) is 4.79 Å². The van der Waals surface area contributed by atoms with Gasteiger partial charge in [0.15, 0.2) is 0 Å². The number of nitrogens with one attached hydrogen (secondary N) is 1. The van der Waals surface area contributed by atoms with Crippen molar-refractivity contribution in [2.45, 2.75) is 52.6 Å². The minimum Gasteiger partial charge on any atom is -0.480 e. The molecule has 0 bridgehead atoms. The molecule has 0 unspecified atom stereocenters. The monoisotopic (exact) mass is 281 g/mol. The summed E-state index contributed by atoms with van der Waals surface area (Å²) < 4.78 is 1.76. The molecule has 6 heteroatoms. The van der Waals surface area contributed by atoms with Gasteiger partial charge in [0.05, 0.1) is 6.04 Å². The number of aromatic nitrogens is 2. The first kappa shape index (κ1) is 16.2. The first-order chi connectivity index (χ1) is 9.40. The van der Waals surface area contributed by atoms with E-state index >= 15 is 0 Å². The quantitative estimate of drug-likeness (QED) is 0.801. The summed E-state index contributed by atoms with van der Waals surface area (Å²) in [6.07, 6.45) is 3.63. The Morgan fingerprint density at radius 3 is 2.40 bits per heavy atom. The molecule has 0 aliphatic carbocycles. The van der Waals surface area contributed by atoms with Gasteiger partial charge < -0.3 is 10.4 Å². The molecule has 0 aromatic carbocycles. The Balaban J connectivity index is 2.80. The highest BCUT2D eigenvalue weighted by Crippen LogP contribution is 2.14. The van der Waals surface area contributed by atoms with E-state index in [9.17, 15) is 9.59 Å². The molecule has 0 fully saturated rings. The van der Waals surface area contributed by atoms with E-state index in [-0.39, 0.29) is 17.7 Å². The first-order valence-electron chi connectivity index (χ1n) is 6.99. The van der Waals surface area contributed by atoms with Gasteiger partial charge in [0, 0.05) is 6.20 Å². The summed E-state index contributed by atoms with van der Waals surface area (Å²) in [7, 11) is 0. The van der Waals surface area contributed by atoms with Crippen LogP contribution in [0.2, 0.25) is 0 Å². The summed E-state index contributed by atoms with van der Waals surface area (Å²) in [5.41, 5.74) is 0.254. The van der Waals surface area contributed by atoms with Crippen LogP contribution in [0.5, 0.6) is 0 Å². The predicted octanol–water partition coefficient (Wildman–Crippen LogP) is 2.08. The minimum absolute atomic E-state index is 0.183. The van der Waals surface area contributed by atoms with E-state index in [1.165, 1.54) is 0 Å². The average molecular weight is 281 g/mol. The molecule has 1 aromatic rings. The van der Waals surface area contributed by atoms with Gasteiger partial charge in [-0.1, -0.05) is 27.7 Å². The van der Waals surface area contributed by atoms with Gasteiger partial charge in [-0.3, -0.25) is 9.48 Å². The van der Waals surface area contributed by atoms with Gasteiger partial charge in [0.25, 0.3) is 5.91 Å². The van der Waals surface area contributed by atoms with Crippen LogP contribution in [0.25, 0.3) is 0 Å². The highest BCUT2D eigenvalue weighted by atomic mass is 16.4. The number of carboxylic acid groups (broad SMARTS) is 1. The van der Waals surface area contributed by atoms with Crippen molar-refractivity contribution in [3.63, 3.8) is 0 Å². The number of carbonyl (C=O) groups excluding carboxylic acids is 1. The maximum Gasteiger partial charge on any atom is 0.326 e. The van der Waals surface area contributed by atoms with Crippen molar-refractivity contribution < 1.29 is 14.7 Å². The fourth-order valence-electron chi connectivity index (χ4n) is 2.05. The number of carbonyl (C=O) groups is 2. The highest BCUT2D eigenvalue weighted by molar-refractivity contribution is 5.94. The summed E-state index contributed by atoms with van der Waals surface area (Å²) in [4.78, 5) is 23.1. The molecule has 1 rings (SSSR count). The molecule has 112 valence electrons. The predicted molar refractivity (Wildman–Crippen MR) is 75.6 cm³/mol. The molecule has 6 nitrogen and oxygen atoms in total. The summed E-state index contributed by atoms with van der Waals surface area (Å²) in [5.74, 6) is -1.67. The van der Waals surface area contributed by atoms with Gasteiger partial charge in [0.2, 0.25) is 0 Å². The third-order valence-corrected chi connectivity index (χ3v) is 3.38. The Labute approximate surface area is 119 Å². The normalized spacial score (nSPS) is 12.7. The van der Waals surface area contributed by atoms with E-state index in [2.05, 4.69) is 24.3 Å². The molecule has 1 aromatic heterocycles. The molecule has 1 atom stereocenters. The van der Waals surface area contributed by atoms with Crippen LogP contribution in [0.15, 0.2) is 12.3 Å². The van der Waals surface area contributed by atoms with Crippen LogP contribution in [-0.4, -0.2) is 32.8 Å². The van der Waals surface area contributed by atoms with Crippen molar-refractivity contribution in [1.82, 2.24) is 15.1 Å². The van der Waals surface area contributed by atoms with Gasteiger partial charge in [-0.25, -0.2) is 4.79 Å². The van der Waals surface area contributed by atoms with Crippen molar-refractivity contribution in [3.8, 4) is 0 Å². The van der Waals surface area contributed by atoms with Crippen molar-refractivity contribution in [3.05, 3.63) is 18.0 Å². The zero-order valence-corrected chi connectivity index (χ0v) is 12.5. The topological polar surface area (TPSA) is 84.2 Å². The molecule has 0 saturated carbocycles. The van der Waals surface area contributed by atoms with Gasteiger partial charge in [-0.15, -0.1) is 0 Å². The SMILES string of the molecule is CCC(CC)n1ccc(C(=O)N[C@H](C(=O)O)C(C)C)n1. The summed E-state index contributed by atoms with van der Waals surface area (Å²) in [6, 6.07) is 0.977. The molecule has 2 N–H and O–H groups in total. The fraction of sp³-hybridized carbons (Fsp3) is 0.643. The van der Waals surface area contributed by atoms with Crippen LogP contribution < -0.4 is 5.32 Å². The van der Waals surface area contributed by atoms with E-state index in [1.54, 1.807) is 30.8 Å². The van der Waals surface area contributed by atoms with E-state index < -0.39 is 17.9 Å². The molecule has 20 heavy (non-hydrogen) atoms. The fourth-order valence-corrected chi connectivity index (χ4v) is 2.05. The van der Waals surface area contributed by atoms with Gasteiger partial charge in [-0.2, -0.15) is 5.10 Å². The number of rotatable bonds is 7. The van der Waals surface area contributed by atoms with Crippen molar-refractivity contribution in [1.29, 1.82) is 0 Å². The number of hydrogen-bond acceptors (Lipinski definition) is 3. The van der Waals surface area contributed by atoms with E-state index in [1.807, 2.05) is 0 Å². The molecule has 0 aliphatic heterocycles. The van der Waals surface area contributed by atoms with Crippen molar-refractivity contribution >= 4 is 11.9 Å². The van der Waals surface area contributed by atoms with Crippen LogP contribution in [0.3, 0.4) is 0 Å². The molecule has 0 aliphatic rings. The van der Waals surface area contributed by atoms with Crippen molar-refractivity contribution in [2.24, 2.45) is 5.92 Å². The molecular formula is C14H23N3O3. The number of aliphatic carboxylic acids is 1. The molecular weight excluding hydrogens is 258 g/mol. The lowest BCUT2D eigenvalue weighted by atomic mass is 10.0. The Kier molecular flexibility index (Phi) is 5.73. The highest BCUT2D eigenvalue weighted by Gasteiger charge is 2.25. The second kappa shape index (κ2) is 7.07. The molecule has 0 radical (unpaired) electrons. The summed E-state index contributed by atoms with van der Waals surface area (Å²) in [6.45, 7) is 7.63. The third-order valence-electron chi connectivity index (χ3n) is 3.38. The lowest BCUT2D eigenvalue weighted by Crippen LogP contribution is -2.44. The Morgan fingerprint density at radius 2 is 1.95 bits per heavy atom. The minimum atomic E-state index is -1.03.